The number of morpholine rings is 2. The summed E-state index contributed by atoms with van der Waals surface area (Å²) < 4.78 is 16.6. The van der Waals surface area contributed by atoms with E-state index < -0.39 is 0 Å². The first-order valence-electron chi connectivity index (χ1n) is 9.22. The van der Waals surface area contributed by atoms with Gasteiger partial charge in [0.15, 0.2) is 0 Å². The molecule has 134 valence electrons. The molecule has 1 aromatic carbocycles. The molecule has 0 aliphatic carbocycles. The minimum Gasteiger partial charge on any atom is -0.492 e. The van der Waals surface area contributed by atoms with Crippen molar-refractivity contribution in [3.8, 4) is 5.75 Å². The van der Waals surface area contributed by atoms with Crippen LogP contribution in [0.3, 0.4) is 0 Å². The van der Waals surface area contributed by atoms with Gasteiger partial charge in [-0.1, -0.05) is 12.1 Å². The Balaban J connectivity index is 1.31. The van der Waals surface area contributed by atoms with Gasteiger partial charge in [0, 0.05) is 32.7 Å². The molecule has 0 N–H and O–H groups in total. The number of hydrogen-bond acceptors (Lipinski definition) is 5. The molecule has 1 aromatic rings. The fourth-order valence-electron chi connectivity index (χ4n) is 3.20. The number of ether oxygens (including phenoxy) is 3. The molecular weight excluding hydrogens is 304 g/mol. The molecule has 2 fully saturated rings. The maximum absolute atomic E-state index is 5.86. The third kappa shape index (κ3) is 6.06. The Morgan fingerprint density at radius 2 is 1.38 bits per heavy atom. The highest BCUT2D eigenvalue weighted by Gasteiger charge is 2.10. The Labute approximate surface area is 145 Å². The van der Waals surface area contributed by atoms with Crippen molar-refractivity contribution in [1.82, 2.24) is 9.80 Å². The number of nitrogens with zero attached hydrogens (tertiary/aromatic N) is 2. The first-order chi connectivity index (χ1) is 11.9. The van der Waals surface area contributed by atoms with Crippen LogP contribution in [0.15, 0.2) is 24.3 Å². The molecule has 0 radical (unpaired) electrons. The summed E-state index contributed by atoms with van der Waals surface area (Å²) in [4.78, 5) is 4.89. The van der Waals surface area contributed by atoms with Crippen LogP contribution in [0.25, 0.3) is 0 Å². The number of hydrogen-bond donors (Lipinski definition) is 0. The highest BCUT2D eigenvalue weighted by molar-refractivity contribution is 5.27. The lowest BCUT2D eigenvalue weighted by Gasteiger charge is -2.26. The number of aryl methyl sites for hydroxylation is 1. The average molecular weight is 334 g/mol. The van der Waals surface area contributed by atoms with E-state index in [1.165, 1.54) is 18.5 Å². The molecule has 0 unspecified atom stereocenters. The fourth-order valence-corrected chi connectivity index (χ4v) is 3.20. The Hall–Kier alpha value is -1.14. The fraction of sp³-hybridized carbons (Fsp3) is 0.684. The van der Waals surface area contributed by atoms with E-state index in [1.54, 1.807) is 0 Å². The van der Waals surface area contributed by atoms with Crippen LogP contribution in [0, 0.1) is 0 Å². The van der Waals surface area contributed by atoms with Crippen LogP contribution in [-0.4, -0.2) is 82.1 Å². The molecule has 24 heavy (non-hydrogen) atoms. The van der Waals surface area contributed by atoms with Crippen molar-refractivity contribution < 1.29 is 14.2 Å². The number of benzene rings is 1. The quantitative estimate of drug-likeness (QED) is 0.722. The van der Waals surface area contributed by atoms with Crippen molar-refractivity contribution in [2.24, 2.45) is 0 Å². The number of rotatable bonds is 8. The molecule has 2 saturated heterocycles. The van der Waals surface area contributed by atoms with Crippen LogP contribution in [-0.2, 0) is 15.9 Å². The summed E-state index contributed by atoms with van der Waals surface area (Å²) in [6, 6.07) is 8.60. The molecule has 0 aromatic heterocycles. The molecule has 2 aliphatic heterocycles. The van der Waals surface area contributed by atoms with Crippen LogP contribution in [0.4, 0.5) is 0 Å². The van der Waals surface area contributed by atoms with E-state index in [9.17, 15) is 0 Å². The summed E-state index contributed by atoms with van der Waals surface area (Å²) in [7, 11) is 0. The molecule has 0 spiro atoms. The Kier molecular flexibility index (Phi) is 7.36. The molecule has 0 atom stereocenters. The molecule has 0 saturated carbocycles. The maximum atomic E-state index is 5.86. The summed E-state index contributed by atoms with van der Waals surface area (Å²) >= 11 is 0. The van der Waals surface area contributed by atoms with E-state index in [0.29, 0.717) is 0 Å². The SMILES string of the molecule is c1cc(OCCN2CCOCC2)ccc1CCCN1CCOCC1. The summed E-state index contributed by atoms with van der Waals surface area (Å²) in [5.41, 5.74) is 1.39. The second-order valence-corrected chi connectivity index (χ2v) is 6.50. The van der Waals surface area contributed by atoms with E-state index in [2.05, 4.69) is 34.1 Å². The third-order valence-corrected chi connectivity index (χ3v) is 4.75. The molecule has 5 nitrogen and oxygen atoms in total. The second-order valence-electron chi connectivity index (χ2n) is 6.50. The van der Waals surface area contributed by atoms with E-state index in [4.69, 9.17) is 14.2 Å². The Morgan fingerprint density at radius 3 is 2.00 bits per heavy atom. The van der Waals surface area contributed by atoms with E-state index in [1.807, 2.05) is 0 Å². The van der Waals surface area contributed by atoms with Gasteiger partial charge in [0.1, 0.15) is 12.4 Å². The first-order valence-corrected chi connectivity index (χ1v) is 9.22. The Bertz CT molecular complexity index is 411. The van der Waals surface area contributed by atoms with Crippen LogP contribution in [0.1, 0.15) is 12.0 Å². The van der Waals surface area contributed by atoms with Gasteiger partial charge in [0.25, 0.3) is 0 Å². The van der Waals surface area contributed by atoms with Crippen LogP contribution >= 0.6 is 0 Å². The lowest BCUT2D eigenvalue weighted by molar-refractivity contribution is 0.0322. The molecule has 0 amide bonds. The van der Waals surface area contributed by atoms with Gasteiger partial charge >= 0.3 is 0 Å². The molecular formula is C19H30N2O3. The predicted octanol–water partition coefficient (Wildman–Crippen LogP) is 1.66. The monoisotopic (exact) mass is 334 g/mol. The third-order valence-electron chi connectivity index (χ3n) is 4.75. The molecule has 5 heteroatoms. The zero-order chi connectivity index (χ0) is 16.5. The highest BCUT2D eigenvalue weighted by Crippen LogP contribution is 2.14. The van der Waals surface area contributed by atoms with Crippen molar-refractivity contribution in [1.29, 1.82) is 0 Å². The average Bonchev–Trinajstić information content (AvgIpc) is 2.65. The van der Waals surface area contributed by atoms with Crippen LogP contribution in [0.2, 0.25) is 0 Å². The van der Waals surface area contributed by atoms with Crippen molar-refractivity contribution in [2.75, 3.05) is 72.3 Å². The zero-order valence-electron chi connectivity index (χ0n) is 14.6. The van der Waals surface area contributed by atoms with Gasteiger partial charge in [-0.3, -0.25) is 9.80 Å². The van der Waals surface area contributed by atoms with Gasteiger partial charge in [-0.05, 0) is 37.1 Å². The van der Waals surface area contributed by atoms with Gasteiger partial charge in [-0.25, -0.2) is 0 Å². The largest absolute Gasteiger partial charge is 0.492 e. The predicted molar refractivity (Wildman–Crippen MR) is 94.8 cm³/mol. The van der Waals surface area contributed by atoms with Gasteiger partial charge in [-0.15, -0.1) is 0 Å². The van der Waals surface area contributed by atoms with Gasteiger partial charge in [-0.2, -0.15) is 0 Å². The normalized spacial score (nSPS) is 20.2. The Morgan fingerprint density at radius 1 is 0.792 bits per heavy atom. The lowest BCUT2D eigenvalue weighted by Crippen LogP contribution is -2.38. The zero-order valence-corrected chi connectivity index (χ0v) is 14.6. The highest BCUT2D eigenvalue weighted by atomic mass is 16.5. The van der Waals surface area contributed by atoms with Crippen molar-refractivity contribution in [3.05, 3.63) is 29.8 Å². The summed E-state index contributed by atoms with van der Waals surface area (Å²) in [6.45, 7) is 10.6. The molecule has 2 heterocycles. The van der Waals surface area contributed by atoms with Crippen LogP contribution in [0.5, 0.6) is 5.75 Å². The van der Waals surface area contributed by atoms with Crippen LogP contribution < -0.4 is 4.74 Å². The van der Waals surface area contributed by atoms with Gasteiger partial charge in [0.05, 0.1) is 26.4 Å². The topological polar surface area (TPSA) is 34.2 Å². The molecule has 0 bridgehead atoms. The first kappa shape index (κ1) is 17.7. The van der Waals surface area contributed by atoms with Gasteiger partial charge in [0.2, 0.25) is 0 Å². The van der Waals surface area contributed by atoms with Crippen molar-refractivity contribution in [2.45, 2.75) is 12.8 Å². The van der Waals surface area contributed by atoms with E-state index >= 15 is 0 Å². The summed E-state index contributed by atoms with van der Waals surface area (Å²) in [5, 5.41) is 0. The molecule has 2 aliphatic rings. The van der Waals surface area contributed by atoms with Crippen molar-refractivity contribution >= 4 is 0 Å². The minimum absolute atomic E-state index is 0.746. The maximum Gasteiger partial charge on any atom is 0.119 e. The summed E-state index contributed by atoms with van der Waals surface area (Å²) in [5.74, 6) is 0.972. The van der Waals surface area contributed by atoms with Crippen molar-refractivity contribution in [3.63, 3.8) is 0 Å². The standard InChI is InChI=1S/C19H30N2O3/c1(7-20-8-13-22-14-9-20)2-18-3-5-19(6-4-18)24-17-12-21-10-15-23-16-11-21/h3-6H,1-2,7-17H2. The summed E-state index contributed by atoms with van der Waals surface area (Å²) in [6.07, 6.45) is 2.34. The van der Waals surface area contributed by atoms with E-state index in [-0.39, 0.29) is 0 Å². The lowest BCUT2D eigenvalue weighted by atomic mass is 10.1. The molecule has 3 rings (SSSR count). The van der Waals surface area contributed by atoms with E-state index in [0.717, 1.165) is 77.9 Å². The second kappa shape index (κ2) is 9.99. The smallest absolute Gasteiger partial charge is 0.119 e. The van der Waals surface area contributed by atoms with Gasteiger partial charge < -0.3 is 14.2 Å². The minimum atomic E-state index is 0.746.